The number of hydrogen-bond acceptors (Lipinski definition) is 2. The lowest BCUT2D eigenvalue weighted by Crippen LogP contribution is -2.33. The topological polar surface area (TPSA) is 29.5 Å². The molecule has 108 valence electrons. The molecule has 2 aromatic rings. The van der Waals surface area contributed by atoms with Crippen molar-refractivity contribution in [3.8, 4) is 5.75 Å². The van der Waals surface area contributed by atoms with Crippen LogP contribution in [0.1, 0.15) is 5.56 Å². The summed E-state index contributed by atoms with van der Waals surface area (Å²) in [5.74, 6) is -0.646. The van der Waals surface area contributed by atoms with Gasteiger partial charge in [-0.2, -0.15) is 0 Å². The number of benzene rings is 2. The number of ether oxygens (including phenoxy) is 1. The highest BCUT2D eigenvalue weighted by Gasteiger charge is 2.25. The number of anilines is 1. The van der Waals surface area contributed by atoms with E-state index in [1.807, 2.05) is 0 Å². The van der Waals surface area contributed by atoms with Crippen molar-refractivity contribution in [1.82, 2.24) is 0 Å². The fourth-order valence-corrected chi connectivity index (χ4v) is 2.41. The van der Waals surface area contributed by atoms with Crippen LogP contribution in [-0.2, 0) is 11.2 Å². The van der Waals surface area contributed by atoms with Gasteiger partial charge in [0, 0.05) is 18.3 Å². The third-order valence-corrected chi connectivity index (χ3v) is 3.40. The molecule has 1 aliphatic rings. The van der Waals surface area contributed by atoms with Gasteiger partial charge in [0.05, 0.1) is 0 Å². The Labute approximate surface area is 120 Å². The summed E-state index contributed by atoms with van der Waals surface area (Å²) in [5.41, 5.74) is 1.53. The molecule has 5 heteroatoms. The number of fused-ring (bicyclic) bond motifs is 1. The first-order valence-corrected chi connectivity index (χ1v) is 6.60. The molecule has 0 unspecified atom stereocenters. The molecule has 0 radical (unpaired) electrons. The summed E-state index contributed by atoms with van der Waals surface area (Å²) in [6.45, 7) is 0.324. The van der Waals surface area contributed by atoms with E-state index in [9.17, 15) is 13.6 Å². The monoisotopic (exact) mass is 289 g/mol. The van der Waals surface area contributed by atoms with Gasteiger partial charge in [0.1, 0.15) is 17.4 Å². The molecule has 3 nitrogen and oxygen atoms in total. The Morgan fingerprint density at radius 3 is 2.76 bits per heavy atom. The quantitative estimate of drug-likeness (QED) is 0.869. The zero-order valence-electron chi connectivity index (χ0n) is 11.2. The maximum Gasteiger partial charge on any atom is 0.264 e. The smallest absolute Gasteiger partial charge is 0.264 e. The lowest BCUT2D eigenvalue weighted by Gasteiger charge is -2.17. The first-order valence-electron chi connectivity index (χ1n) is 6.60. The van der Waals surface area contributed by atoms with E-state index in [4.69, 9.17) is 4.74 Å². The van der Waals surface area contributed by atoms with E-state index in [0.717, 1.165) is 5.56 Å². The van der Waals surface area contributed by atoms with E-state index in [0.29, 0.717) is 24.4 Å². The van der Waals surface area contributed by atoms with Gasteiger partial charge in [0.25, 0.3) is 5.91 Å². The Kier molecular flexibility index (Phi) is 3.56. The van der Waals surface area contributed by atoms with Gasteiger partial charge in [-0.25, -0.2) is 8.78 Å². The summed E-state index contributed by atoms with van der Waals surface area (Å²) in [6, 6.07) is 10.00. The Morgan fingerprint density at radius 2 is 1.95 bits per heavy atom. The highest BCUT2D eigenvalue weighted by atomic mass is 19.1. The predicted molar refractivity (Wildman–Crippen MR) is 74.4 cm³/mol. The van der Waals surface area contributed by atoms with E-state index in [2.05, 4.69) is 0 Å². The van der Waals surface area contributed by atoms with Gasteiger partial charge in [-0.1, -0.05) is 6.07 Å². The molecular weight excluding hydrogens is 276 g/mol. The van der Waals surface area contributed by atoms with Gasteiger partial charge in [-0.05, 0) is 42.3 Å². The number of nitrogens with zero attached hydrogens (tertiary/aromatic N) is 1. The summed E-state index contributed by atoms with van der Waals surface area (Å²) in [4.78, 5) is 13.7. The van der Waals surface area contributed by atoms with E-state index in [-0.39, 0.29) is 18.3 Å². The Balaban J connectivity index is 1.68. The number of halogens is 2. The molecule has 0 bridgehead atoms. The van der Waals surface area contributed by atoms with Crippen molar-refractivity contribution < 1.29 is 18.3 Å². The number of carbonyl (C=O) groups excluding carboxylic acids is 1. The van der Waals surface area contributed by atoms with Gasteiger partial charge < -0.3 is 9.64 Å². The second-order valence-corrected chi connectivity index (χ2v) is 4.81. The van der Waals surface area contributed by atoms with E-state index in [1.54, 1.807) is 17.0 Å². The predicted octanol–water partition coefficient (Wildman–Crippen LogP) is 2.93. The van der Waals surface area contributed by atoms with Crippen LogP contribution in [-0.4, -0.2) is 19.1 Å². The van der Waals surface area contributed by atoms with Crippen LogP contribution >= 0.6 is 0 Å². The van der Waals surface area contributed by atoms with Crippen molar-refractivity contribution >= 4 is 11.6 Å². The highest BCUT2D eigenvalue weighted by Crippen LogP contribution is 2.28. The Morgan fingerprint density at radius 1 is 1.14 bits per heavy atom. The summed E-state index contributed by atoms with van der Waals surface area (Å²) in [6.07, 6.45) is 0.624. The molecule has 0 saturated heterocycles. The zero-order chi connectivity index (χ0) is 14.8. The van der Waals surface area contributed by atoms with Crippen LogP contribution in [0.2, 0.25) is 0 Å². The normalized spacial score (nSPS) is 13.1. The molecule has 0 aromatic heterocycles. The van der Waals surface area contributed by atoms with E-state index >= 15 is 0 Å². The first kappa shape index (κ1) is 13.5. The molecule has 0 fully saturated rings. The van der Waals surface area contributed by atoms with Crippen molar-refractivity contribution in [2.24, 2.45) is 0 Å². The number of amides is 1. The molecule has 1 aliphatic heterocycles. The second-order valence-electron chi connectivity index (χ2n) is 4.81. The van der Waals surface area contributed by atoms with E-state index in [1.165, 1.54) is 30.3 Å². The zero-order valence-corrected chi connectivity index (χ0v) is 11.2. The molecule has 0 aliphatic carbocycles. The molecule has 1 amide bonds. The minimum Gasteiger partial charge on any atom is -0.484 e. The van der Waals surface area contributed by atoms with Crippen molar-refractivity contribution in [3.63, 3.8) is 0 Å². The molecule has 0 atom stereocenters. The third-order valence-electron chi connectivity index (χ3n) is 3.40. The van der Waals surface area contributed by atoms with Gasteiger partial charge in [0.15, 0.2) is 6.61 Å². The van der Waals surface area contributed by atoms with Crippen LogP contribution in [0, 0.1) is 11.6 Å². The molecule has 0 N–H and O–H groups in total. The van der Waals surface area contributed by atoms with Gasteiger partial charge >= 0.3 is 0 Å². The summed E-state index contributed by atoms with van der Waals surface area (Å²) < 4.78 is 31.4. The van der Waals surface area contributed by atoms with Crippen LogP contribution in [0.5, 0.6) is 5.75 Å². The van der Waals surface area contributed by atoms with Crippen LogP contribution < -0.4 is 9.64 Å². The SMILES string of the molecule is O=C(COc1cccc(F)c1)N1CCc2cc(F)ccc21. The maximum atomic E-state index is 13.1. The van der Waals surface area contributed by atoms with Crippen LogP contribution in [0.3, 0.4) is 0 Å². The van der Waals surface area contributed by atoms with Crippen LogP contribution in [0.4, 0.5) is 14.5 Å². The third kappa shape index (κ3) is 2.86. The maximum absolute atomic E-state index is 13.1. The second kappa shape index (κ2) is 5.52. The number of rotatable bonds is 3. The first-order chi connectivity index (χ1) is 10.1. The average molecular weight is 289 g/mol. The van der Waals surface area contributed by atoms with Crippen molar-refractivity contribution in [1.29, 1.82) is 0 Å². The van der Waals surface area contributed by atoms with Crippen molar-refractivity contribution in [2.45, 2.75) is 6.42 Å². The van der Waals surface area contributed by atoms with Crippen molar-refractivity contribution in [3.05, 3.63) is 59.7 Å². The molecule has 21 heavy (non-hydrogen) atoms. The van der Waals surface area contributed by atoms with Gasteiger partial charge in [0.2, 0.25) is 0 Å². The fourth-order valence-electron chi connectivity index (χ4n) is 2.41. The minimum absolute atomic E-state index is 0.180. The van der Waals surface area contributed by atoms with Crippen LogP contribution in [0.15, 0.2) is 42.5 Å². The number of hydrogen-bond donors (Lipinski definition) is 0. The lowest BCUT2D eigenvalue weighted by molar-refractivity contribution is -0.120. The highest BCUT2D eigenvalue weighted by molar-refractivity contribution is 5.96. The largest absolute Gasteiger partial charge is 0.484 e. The molecule has 2 aromatic carbocycles. The standard InChI is InChI=1S/C16H13F2NO2/c17-12-2-1-3-14(9-12)21-10-16(20)19-7-6-11-8-13(18)4-5-15(11)19/h1-5,8-9H,6-7,10H2. The summed E-state index contributed by atoms with van der Waals surface area (Å²) >= 11 is 0. The molecule has 1 heterocycles. The van der Waals surface area contributed by atoms with Gasteiger partial charge in [-0.3, -0.25) is 4.79 Å². The van der Waals surface area contributed by atoms with Crippen molar-refractivity contribution in [2.75, 3.05) is 18.1 Å². The van der Waals surface area contributed by atoms with Gasteiger partial charge in [-0.15, -0.1) is 0 Å². The molecule has 3 rings (SSSR count). The lowest BCUT2D eigenvalue weighted by atomic mass is 10.2. The Bertz CT molecular complexity index is 688. The Hall–Kier alpha value is -2.43. The van der Waals surface area contributed by atoms with Crippen LogP contribution in [0.25, 0.3) is 0 Å². The average Bonchev–Trinajstić information content (AvgIpc) is 2.88. The summed E-state index contributed by atoms with van der Waals surface area (Å²) in [5, 5.41) is 0. The molecule has 0 saturated carbocycles. The molecule has 0 spiro atoms. The number of carbonyl (C=O) groups is 1. The minimum atomic E-state index is -0.415. The fraction of sp³-hybridized carbons (Fsp3) is 0.188. The molecular formula is C16H13F2NO2. The summed E-state index contributed by atoms with van der Waals surface area (Å²) in [7, 11) is 0. The van der Waals surface area contributed by atoms with E-state index < -0.39 is 5.82 Å².